The lowest BCUT2D eigenvalue weighted by Crippen LogP contribution is -1.96. The number of nitriles is 1. The highest BCUT2D eigenvalue weighted by Gasteiger charge is 2.11. The zero-order valence-electron chi connectivity index (χ0n) is 10.4. The Morgan fingerprint density at radius 1 is 1.15 bits per heavy atom. The molecule has 0 unspecified atom stereocenters. The predicted octanol–water partition coefficient (Wildman–Crippen LogP) is 5.38. The van der Waals surface area contributed by atoms with Gasteiger partial charge in [0.25, 0.3) is 0 Å². The molecule has 0 aliphatic carbocycles. The van der Waals surface area contributed by atoms with Crippen LogP contribution in [0.5, 0.6) is 5.75 Å². The molecule has 0 amide bonds. The van der Waals surface area contributed by atoms with Gasteiger partial charge in [-0.25, -0.2) is 0 Å². The first-order valence-electron chi connectivity index (χ1n) is 5.55. The Bertz CT molecular complexity index is 698. The van der Waals surface area contributed by atoms with Crippen molar-refractivity contribution in [2.45, 2.75) is 0 Å². The van der Waals surface area contributed by atoms with Gasteiger partial charge in [0.1, 0.15) is 11.8 Å². The van der Waals surface area contributed by atoms with E-state index in [2.05, 4.69) is 27.3 Å². The van der Waals surface area contributed by atoms with Crippen LogP contribution in [0.25, 0.3) is 0 Å². The van der Waals surface area contributed by atoms with Crippen molar-refractivity contribution >= 4 is 50.5 Å². The van der Waals surface area contributed by atoms with Gasteiger partial charge in [-0.1, -0.05) is 23.2 Å². The maximum Gasteiger partial charge on any atom is 0.121 e. The quantitative estimate of drug-likeness (QED) is 0.736. The number of anilines is 2. The van der Waals surface area contributed by atoms with E-state index in [4.69, 9.17) is 33.2 Å². The summed E-state index contributed by atoms with van der Waals surface area (Å²) in [5, 5.41) is 13.0. The molecule has 2 aromatic carbocycles. The van der Waals surface area contributed by atoms with Crippen LogP contribution in [0.2, 0.25) is 10.0 Å². The standard InChI is InChI=1S/C14H9BrCl2N2O/c1-20-9-3-2-8(7-18)12(6-9)19-11-5-4-10(15)13(16)14(11)17/h2-6,19H,1H3. The van der Waals surface area contributed by atoms with Crippen molar-refractivity contribution in [1.82, 2.24) is 0 Å². The fourth-order valence-electron chi connectivity index (χ4n) is 1.62. The van der Waals surface area contributed by atoms with Gasteiger partial charge in [0.05, 0.1) is 34.1 Å². The minimum absolute atomic E-state index is 0.382. The van der Waals surface area contributed by atoms with Crippen molar-refractivity contribution in [3.8, 4) is 11.8 Å². The van der Waals surface area contributed by atoms with Crippen LogP contribution in [-0.2, 0) is 0 Å². The molecule has 0 aliphatic heterocycles. The van der Waals surface area contributed by atoms with Gasteiger partial charge >= 0.3 is 0 Å². The van der Waals surface area contributed by atoms with Crippen molar-refractivity contribution in [1.29, 1.82) is 5.26 Å². The molecule has 2 aromatic rings. The fraction of sp³-hybridized carbons (Fsp3) is 0.0714. The summed E-state index contributed by atoms with van der Waals surface area (Å²) in [6.45, 7) is 0. The van der Waals surface area contributed by atoms with Gasteiger partial charge in [0.15, 0.2) is 0 Å². The molecule has 0 radical (unpaired) electrons. The summed E-state index contributed by atoms with van der Waals surface area (Å²) in [4.78, 5) is 0. The second-order valence-corrected chi connectivity index (χ2v) is 5.48. The van der Waals surface area contributed by atoms with E-state index in [1.54, 1.807) is 37.4 Å². The van der Waals surface area contributed by atoms with Crippen molar-refractivity contribution in [2.75, 3.05) is 12.4 Å². The molecule has 6 heteroatoms. The average Bonchev–Trinajstić information content (AvgIpc) is 2.47. The number of hydrogen-bond donors (Lipinski definition) is 1. The number of benzene rings is 2. The zero-order chi connectivity index (χ0) is 14.7. The molecule has 0 aromatic heterocycles. The summed E-state index contributed by atoms with van der Waals surface area (Å²) >= 11 is 15.6. The molecule has 20 heavy (non-hydrogen) atoms. The number of rotatable bonds is 3. The summed E-state index contributed by atoms with van der Waals surface area (Å²) in [5.74, 6) is 0.644. The number of ether oxygens (including phenoxy) is 1. The molecule has 0 bridgehead atoms. The normalized spacial score (nSPS) is 9.95. The van der Waals surface area contributed by atoms with E-state index in [9.17, 15) is 0 Å². The molecule has 0 saturated carbocycles. The predicted molar refractivity (Wildman–Crippen MR) is 85.2 cm³/mol. The molecular weight excluding hydrogens is 363 g/mol. The van der Waals surface area contributed by atoms with Crippen LogP contribution in [0.3, 0.4) is 0 Å². The average molecular weight is 372 g/mol. The Balaban J connectivity index is 2.44. The number of nitrogens with zero attached hydrogens (tertiary/aromatic N) is 1. The lowest BCUT2D eigenvalue weighted by molar-refractivity contribution is 0.415. The fourth-order valence-corrected chi connectivity index (χ4v) is 2.44. The van der Waals surface area contributed by atoms with Gasteiger partial charge in [-0.3, -0.25) is 0 Å². The topological polar surface area (TPSA) is 45.0 Å². The molecule has 0 fully saturated rings. The maximum atomic E-state index is 9.13. The summed E-state index contributed by atoms with van der Waals surface area (Å²) in [6.07, 6.45) is 0. The first kappa shape index (κ1) is 15.0. The third kappa shape index (κ3) is 3.01. The molecular formula is C14H9BrCl2N2O. The molecule has 0 aliphatic rings. The summed E-state index contributed by atoms with van der Waals surface area (Å²) < 4.78 is 5.86. The van der Waals surface area contributed by atoms with Crippen LogP contribution in [0, 0.1) is 11.3 Å². The van der Waals surface area contributed by atoms with Crippen molar-refractivity contribution < 1.29 is 4.74 Å². The molecule has 0 spiro atoms. The minimum atomic E-state index is 0.382. The van der Waals surface area contributed by atoms with Gasteiger partial charge in [-0.2, -0.15) is 5.26 Å². The Kier molecular flexibility index (Phi) is 4.77. The highest BCUT2D eigenvalue weighted by atomic mass is 79.9. The van der Waals surface area contributed by atoms with E-state index < -0.39 is 0 Å². The molecule has 3 nitrogen and oxygen atoms in total. The Morgan fingerprint density at radius 3 is 2.55 bits per heavy atom. The van der Waals surface area contributed by atoms with Gasteiger partial charge in [0, 0.05) is 10.5 Å². The second kappa shape index (κ2) is 6.36. The van der Waals surface area contributed by atoms with E-state index in [1.165, 1.54) is 0 Å². The molecule has 1 N–H and O–H groups in total. The summed E-state index contributed by atoms with van der Waals surface area (Å²) in [7, 11) is 1.56. The molecule has 0 saturated heterocycles. The summed E-state index contributed by atoms with van der Waals surface area (Å²) in [5.41, 5.74) is 1.71. The van der Waals surface area contributed by atoms with Crippen LogP contribution in [0.4, 0.5) is 11.4 Å². The molecule has 0 atom stereocenters. The third-order valence-corrected chi connectivity index (χ3v) is 4.42. The van der Waals surface area contributed by atoms with Gasteiger partial charge in [0.2, 0.25) is 0 Å². The first-order valence-corrected chi connectivity index (χ1v) is 7.10. The lowest BCUT2D eigenvalue weighted by atomic mass is 10.1. The van der Waals surface area contributed by atoms with E-state index in [0.29, 0.717) is 37.2 Å². The number of methoxy groups -OCH3 is 1. The highest BCUT2D eigenvalue weighted by molar-refractivity contribution is 9.10. The van der Waals surface area contributed by atoms with Crippen molar-refractivity contribution in [2.24, 2.45) is 0 Å². The number of nitrogens with one attached hydrogen (secondary N) is 1. The third-order valence-electron chi connectivity index (χ3n) is 2.65. The van der Waals surface area contributed by atoms with E-state index in [0.717, 1.165) is 0 Å². The number of hydrogen-bond acceptors (Lipinski definition) is 3. The number of halogens is 3. The highest BCUT2D eigenvalue weighted by Crippen LogP contribution is 2.38. The smallest absolute Gasteiger partial charge is 0.121 e. The Hall–Kier alpha value is -1.41. The zero-order valence-corrected chi connectivity index (χ0v) is 13.5. The first-order chi connectivity index (χ1) is 9.56. The van der Waals surface area contributed by atoms with Crippen molar-refractivity contribution in [3.63, 3.8) is 0 Å². The lowest BCUT2D eigenvalue weighted by Gasteiger charge is -2.12. The summed E-state index contributed by atoms with van der Waals surface area (Å²) in [6, 6.07) is 10.8. The monoisotopic (exact) mass is 370 g/mol. The van der Waals surface area contributed by atoms with E-state index >= 15 is 0 Å². The molecule has 2 rings (SSSR count). The second-order valence-electron chi connectivity index (χ2n) is 3.87. The maximum absolute atomic E-state index is 9.13. The SMILES string of the molecule is COc1ccc(C#N)c(Nc2ccc(Br)c(Cl)c2Cl)c1. The van der Waals surface area contributed by atoms with Crippen LogP contribution in [0.1, 0.15) is 5.56 Å². The van der Waals surface area contributed by atoms with Crippen LogP contribution in [-0.4, -0.2) is 7.11 Å². The van der Waals surface area contributed by atoms with Gasteiger partial charge in [-0.15, -0.1) is 0 Å². The minimum Gasteiger partial charge on any atom is -0.497 e. The van der Waals surface area contributed by atoms with Gasteiger partial charge < -0.3 is 10.1 Å². The molecule has 0 heterocycles. The van der Waals surface area contributed by atoms with Crippen LogP contribution in [0.15, 0.2) is 34.8 Å². The Morgan fingerprint density at radius 2 is 1.90 bits per heavy atom. The van der Waals surface area contributed by atoms with E-state index in [-0.39, 0.29) is 0 Å². The van der Waals surface area contributed by atoms with Gasteiger partial charge in [-0.05, 0) is 40.2 Å². The Labute approximate surface area is 135 Å². The van der Waals surface area contributed by atoms with E-state index in [1.807, 2.05) is 0 Å². The van der Waals surface area contributed by atoms with Crippen molar-refractivity contribution in [3.05, 3.63) is 50.4 Å². The van der Waals surface area contributed by atoms with Crippen LogP contribution < -0.4 is 10.1 Å². The largest absolute Gasteiger partial charge is 0.497 e. The van der Waals surface area contributed by atoms with Crippen LogP contribution >= 0.6 is 39.1 Å². The molecule has 102 valence electrons.